The molecular formula is C7H17NO3S. The van der Waals surface area contributed by atoms with Crippen LogP contribution in [0, 0.1) is 5.92 Å². The van der Waals surface area contributed by atoms with E-state index in [1.165, 1.54) is 0 Å². The molecule has 74 valence electrons. The third kappa shape index (κ3) is 7.97. The minimum Gasteiger partial charge on any atom is -0.396 e. The van der Waals surface area contributed by atoms with Crippen LogP contribution in [-0.2, 0) is 10.0 Å². The van der Waals surface area contributed by atoms with E-state index in [1.807, 2.05) is 6.92 Å². The number of rotatable bonds is 6. The largest absolute Gasteiger partial charge is 0.396 e. The number of sulfonamides is 1. The van der Waals surface area contributed by atoms with Gasteiger partial charge in [0.25, 0.3) is 0 Å². The molecule has 0 aromatic rings. The zero-order chi connectivity index (χ0) is 9.61. The van der Waals surface area contributed by atoms with Gasteiger partial charge in [-0.05, 0) is 18.8 Å². The molecule has 0 radical (unpaired) electrons. The summed E-state index contributed by atoms with van der Waals surface area (Å²) in [5.41, 5.74) is 0. The number of hydrogen-bond acceptors (Lipinski definition) is 3. The Kier molecular flexibility index (Phi) is 5.44. The molecule has 0 fully saturated rings. The van der Waals surface area contributed by atoms with Crippen LogP contribution in [-0.4, -0.2) is 32.9 Å². The van der Waals surface area contributed by atoms with Gasteiger partial charge in [-0.25, -0.2) is 13.1 Å². The Bertz CT molecular complexity index is 201. The lowest BCUT2D eigenvalue weighted by Crippen LogP contribution is -2.23. The zero-order valence-electron chi connectivity index (χ0n) is 7.58. The predicted octanol–water partition coefficient (Wildman–Crippen LogP) is -0.0558. The molecule has 0 heterocycles. The van der Waals surface area contributed by atoms with Gasteiger partial charge in [0.1, 0.15) is 0 Å². The van der Waals surface area contributed by atoms with Crippen molar-refractivity contribution in [2.45, 2.75) is 19.8 Å². The molecule has 12 heavy (non-hydrogen) atoms. The van der Waals surface area contributed by atoms with E-state index in [4.69, 9.17) is 5.11 Å². The molecule has 0 aromatic heterocycles. The van der Waals surface area contributed by atoms with E-state index in [0.29, 0.717) is 6.54 Å². The first-order chi connectivity index (χ1) is 5.45. The highest BCUT2D eigenvalue weighted by Gasteiger charge is 2.01. The van der Waals surface area contributed by atoms with Gasteiger partial charge in [0.15, 0.2) is 0 Å². The highest BCUT2D eigenvalue weighted by Crippen LogP contribution is 2.02. The fourth-order valence-electron chi connectivity index (χ4n) is 0.799. The standard InChI is InChI=1S/C7H17NO3S/c1-7(6-9)4-3-5-8-12(2,10)11/h7-9H,3-6H2,1-2H3. The van der Waals surface area contributed by atoms with Crippen molar-refractivity contribution in [1.82, 2.24) is 4.72 Å². The molecule has 0 spiro atoms. The number of nitrogens with one attached hydrogen (secondary N) is 1. The van der Waals surface area contributed by atoms with E-state index in [9.17, 15) is 8.42 Å². The average molecular weight is 195 g/mol. The second-order valence-corrected chi connectivity index (χ2v) is 4.93. The molecule has 1 unspecified atom stereocenters. The maximum Gasteiger partial charge on any atom is 0.208 e. The minimum atomic E-state index is -3.04. The van der Waals surface area contributed by atoms with E-state index >= 15 is 0 Å². The van der Waals surface area contributed by atoms with Gasteiger partial charge in [-0.3, -0.25) is 0 Å². The van der Waals surface area contributed by atoms with Crippen LogP contribution >= 0.6 is 0 Å². The summed E-state index contributed by atoms with van der Waals surface area (Å²) in [6, 6.07) is 0. The summed E-state index contributed by atoms with van der Waals surface area (Å²) in [5, 5.41) is 8.66. The van der Waals surface area contributed by atoms with Crippen molar-refractivity contribution >= 4 is 10.0 Å². The van der Waals surface area contributed by atoms with Crippen molar-refractivity contribution in [3.63, 3.8) is 0 Å². The Balaban J connectivity index is 3.34. The second-order valence-electron chi connectivity index (χ2n) is 3.10. The maximum atomic E-state index is 10.6. The summed E-state index contributed by atoms with van der Waals surface area (Å²) in [6.45, 7) is 2.56. The van der Waals surface area contributed by atoms with Crippen LogP contribution in [0.15, 0.2) is 0 Å². The third-order valence-corrected chi connectivity index (χ3v) is 2.28. The van der Waals surface area contributed by atoms with Crippen molar-refractivity contribution in [3.8, 4) is 0 Å². The van der Waals surface area contributed by atoms with Crippen LogP contribution in [0.5, 0.6) is 0 Å². The molecule has 0 aliphatic heterocycles. The molecular weight excluding hydrogens is 178 g/mol. The van der Waals surface area contributed by atoms with E-state index < -0.39 is 10.0 Å². The predicted molar refractivity (Wildman–Crippen MR) is 48.3 cm³/mol. The highest BCUT2D eigenvalue weighted by atomic mass is 32.2. The maximum absolute atomic E-state index is 10.6. The van der Waals surface area contributed by atoms with Crippen LogP contribution in [0.1, 0.15) is 19.8 Å². The van der Waals surface area contributed by atoms with Crippen LogP contribution in [0.4, 0.5) is 0 Å². The summed E-state index contributed by atoms with van der Waals surface area (Å²) in [5.74, 6) is 0.256. The summed E-state index contributed by atoms with van der Waals surface area (Å²) < 4.78 is 23.6. The highest BCUT2D eigenvalue weighted by molar-refractivity contribution is 7.88. The smallest absolute Gasteiger partial charge is 0.208 e. The minimum absolute atomic E-state index is 0.166. The summed E-state index contributed by atoms with van der Waals surface area (Å²) >= 11 is 0. The molecule has 0 saturated heterocycles. The van der Waals surface area contributed by atoms with Gasteiger partial charge in [-0.15, -0.1) is 0 Å². The Hall–Kier alpha value is -0.130. The topological polar surface area (TPSA) is 66.4 Å². The van der Waals surface area contributed by atoms with Crippen LogP contribution in [0.2, 0.25) is 0 Å². The normalized spacial score (nSPS) is 14.6. The Morgan fingerprint density at radius 2 is 2.08 bits per heavy atom. The first-order valence-corrected chi connectivity index (χ1v) is 5.90. The SMILES string of the molecule is CC(CO)CCCNS(C)(=O)=O. The summed E-state index contributed by atoms with van der Waals surface area (Å²) in [6.07, 6.45) is 2.76. The monoisotopic (exact) mass is 195 g/mol. The lowest BCUT2D eigenvalue weighted by molar-refractivity contribution is 0.228. The molecule has 0 saturated carbocycles. The molecule has 0 aliphatic rings. The third-order valence-electron chi connectivity index (χ3n) is 1.55. The van der Waals surface area contributed by atoms with Crippen LogP contribution in [0.25, 0.3) is 0 Å². The fraction of sp³-hybridized carbons (Fsp3) is 1.00. The lowest BCUT2D eigenvalue weighted by atomic mass is 10.1. The Labute approximate surface area is 74.0 Å². The number of aliphatic hydroxyl groups is 1. The number of hydrogen-bond donors (Lipinski definition) is 2. The zero-order valence-corrected chi connectivity index (χ0v) is 8.39. The van der Waals surface area contributed by atoms with Crippen molar-refractivity contribution in [2.24, 2.45) is 5.92 Å². The van der Waals surface area contributed by atoms with Gasteiger partial charge in [0.2, 0.25) is 10.0 Å². The van der Waals surface area contributed by atoms with Crippen molar-refractivity contribution in [3.05, 3.63) is 0 Å². The molecule has 0 amide bonds. The fourth-order valence-corrected chi connectivity index (χ4v) is 1.31. The number of aliphatic hydroxyl groups excluding tert-OH is 1. The van der Waals surface area contributed by atoms with E-state index in [0.717, 1.165) is 19.1 Å². The Morgan fingerprint density at radius 1 is 1.50 bits per heavy atom. The van der Waals surface area contributed by atoms with Crippen molar-refractivity contribution in [1.29, 1.82) is 0 Å². The van der Waals surface area contributed by atoms with Crippen LogP contribution in [0.3, 0.4) is 0 Å². The first-order valence-electron chi connectivity index (χ1n) is 4.01. The molecule has 4 nitrogen and oxygen atoms in total. The molecule has 0 aromatic carbocycles. The van der Waals surface area contributed by atoms with E-state index in [2.05, 4.69) is 4.72 Å². The first kappa shape index (κ1) is 11.9. The molecule has 0 rings (SSSR count). The van der Waals surface area contributed by atoms with Gasteiger partial charge < -0.3 is 5.11 Å². The molecule has 0 aliphatic carbocycles. The van der Waals surface area contributed by atoms with E-state index in [1.54, 1.807) is 0 Å². The second kappa shape index (κ2) is 5.50. The van der Waals surface area contributed by atoms with Gasteiger partial charge in [-0.2, -0.15) is 0 Å². The summed E-state index contributed by atoms with van der Waals surface area (Å²) in [7, 11) is -3.04. The van der Waals surface area contributed by atoms with Gasteiger partial charge in [-0.1, -0.05) is 6.92 Å². The van der Waals surface area contributed by atoms with Gasteiger partial charge >= 0.3 is 0 Å². The summed E-state index contributed by atoms with van der Waals surface area (Å²) in [4.78, 5) is 0. The van der Waals surface area contributed by atoms with E-state index in [-0.39, 0.29) is 12.5 Å². The molecule has 0 bridgehead atoms. The lowest BCUT2D eigenvalue weighted by Gasteiger charge is -2.06. The van der Waals surface area contributed by atoms with Gasteiger partial charge in [0.05, 0.1) is 6.26 Å². The Morgan fingerprint density at radius 3 is 2.50 bits per heavy atom. The molecule has 1 atom stereocenters. The van der Waals surface area contributed by atoms with Gasteiger partial charge in [0, 0.05) is 13.2 Å². The average Bonchev–Trinajstić information content (AvgIpc) is 1.96. The van der Waals surface area contributed by atoms with Crippen molar-refractivity contribution in [2.75, 3.05) is 19.4 Å². The molecule has 2 N–H and O–H groups in total. The van der Waals surface area contributed by atoms with Crippen molar-refractivity contribution < 1.29 is 13.5 Å². The van der Waals surface area contributed by atoms with Crippen LogP contribution < -0.4 is 4.72 Å². The molecule has 5 heteroatoms. The quantitative estimate of drug-likeness (QED) is 0.584.